The van der Waals surface area contributed by atoms with Crippen LogP contribution in [0.15, 0.2) is 76.0 Å². The lowest BCUT2D eigenvalue weighted by Crippen LogP contribution is -2.33. The average Bonchev–Trinajstić information content (AvgIpc) is 3.45. The third-order valence-electron chi connectivity index (χ3n) is 5.44. The monoisotopic (exact) mass is 489 g/mol. The van der Waals surface area contributed by atoms with Crippen LogP contribution in [-0.2, 0) is 16.1 Å². The highest BCUT2D eigenvalue weighted by Gasteiger charge is 2.33. The van der Waals surface area contributed by atoms with Gasteiger partial charge in [-0.15, -0.1) is 0 Å². The average molecular weight is 490 g/mol. The van der Waals surface area contributed by atoms with Crippen molar-refractivity contribution in [2.24, 2.45) is 4.99 Å². The summed E-state index contributed by atoms with van der Waals surface area (Å²) in [6, 6.07) is 17.0. The minimum Gasteiger partial charge on any atom is -0.497 e. The van der Waals surface area contributed by atoms with Gasteiger partial charge in [-0.1, -0.05) is 30.0 Å². The van der Waals surface area contributed by atoms with Gasteiger partial charge in [-0.05, 0) is 73.0 Å². The first kappa shape index (κ1) is 24.3. The molecule has 2 heterocycles. The predicted octanol–water partition coefficient (Wildman–Crippen LogP) is 5.04. The number of carbonyl (C=O) groups excluding carboxylic acids is 2. The van der Waals surface area contributed by atoms with Crippen LogP contribution >= 0.6 is 11.8 Å². The highest BCUT2D eigenvalue weighted by atomic mass is 32.2. The summed E-state index contributed by atoms with van der Waals surface area (Å²) in [7, 11) is 3.33. The maximum atomic E-state index is 13.5. The molecule has 4 rings (SSSR count). The van der Waals surface area contributed by atoms with Gasteiger partial charge >= 0.3 is 0 Å². The Balaban J connectivity index is 1.58. The molecular weight excluding hydrogens is 462 g/mol. The lowest BCUT2D eigenvalue weighted by Gasteiger charge is -2.20. The van der Waals surface area contributed by atoms with E-state index in [0.717, 1.165) is 28.1 Å². The molecule has 2 amide bonds. The van der Waals surface area contributed by atoms with Crippen molar-refractivity contribution in [3.05, 3.63) is 89.0 Å². The summed E-state index contributed by atoms with van der Waals surface area (Å²) in [5, 5.41) is 0.472. The van der Waals surface area contributed by atoms with Gasteiger partial charge in [-0.3, -0.25) is 14.5 Å². The fraction of sp³-hybridized carbons (Fsp3) is 0.222. The summed E-state index contributed by atoms with van der Waals surface area (Å²) in [6.45, 7) is 4.35. The molecule has 2 aromatic carbocycles. The molecule has 0 saturated carbocycles. The molecule has 0 saturated heterocycles. The summed E-state index contributed by atoms with van der Waals surface area (Å²) in [6.07, 6.45) is 3.33. The van der Waals surface area contributed by atoms with E-state index < -0.39 is 0 Å². The van der Waals surface area contributed by atoms with E-state index >= 15 is 0 Å². The van der Waals surface area contributed by atoms with Crippen molar-refractivity contribution in [3.63, 3.8) is 0 Å². The van der Waals surface area contributed by atoms with Gasteiger partial charge in [-0.2, -0.15) is 0 Å². The van der Waals surface area contributed by atoms with Gasteiger partial charge < -0.3 is 14.1 Å². The molecule has 0 bridgehead atoms. The van der Waals surface area contributed by atoms with Crippen molar-refractivity contribution in [1.29, 1.82) is 0 Å². The van der Waals surface area contributed by atoms with Gasteiger partial charge in [0.05, 0.1) is 31.4 Å². The molecule has 0 spiro atoms. The number of rotatable bonds is 7. The van der Waals surface area contributed by atoms with E-state index in [0.29, 0.717) is 23.2 Å². The second-order valence-electron chi connectivity index (χ2n) is 8.30. The number of carbonyl (C=O) groups is 2. The number of thioether (sulfide) groups is 1. The second-order valence-corrected chi connectivity index (χ2v) is 9.24. The van der Waals surface area contributed by atoms with Crippen LogP contribution in [0.2, 0.25) is 0 Å². The van der Waals surface area contributed by atoms with Crippen molar-refractivity contribution < 1.29 is 18.7 Å². The molecule has 8 heteroatoms. The number of anilines is 1. The zero-order chi connectivity index (χ0) is 24.9. The SMILES string of the molecule is COc1ccc(/C=C2\N=C(SCC(=O)N(C)Cc3ccco3)N(c3cc(C)cc(C)c3)C2=O)cc1. The number of nitrogens with zero attached hydrogens (tertiary/aromatic N) is 3. The summed E-state index contributed by atoms with van der Waals surface area (Å²) < 4.78 is 10.5. The van der Waals surface area contributed by atoms with Gasteiger partial charge in [0.15, 0.2) is 5.17 Å². The Morgan fingerprint density at radius 2 is 1.86 bits per heavy atom. The standard InChI is InChI=1S/C27H27N3O4S/c1-18-12-19(2)14-21(13-18)30-26(32)24(15-20-7-9-22(33-4)10-8-20)28-27(30)35-17-25(31)29(3)16-23-6-5-11-34-23/h5-15H,16-17H2,1-4H3/b24-15-. The third kappa shape index (κ3) is 5.84. The molecule has 180 valence electrons. The van der Waals surface area contributed by atoms with E-state index in [1.54, 1.807) is 42.4 Å². The van der Waals surface area contributed by atoms with E-state index in [-0.39, 0.29) is 17.6 Å². The van der Waals surface area contributed by atoms with Crippen molar-refractivity contribution in [1.82, 2.24) is 4.90 Å². The van der Waals surface area contributed by atoms with Crippen LogP contribution in [0.5, 0.6) is 5.75 Å². The smallest absolute Gasteiger partial charge is 0.283 e. The Kier molecular flexibility index (Phi) is 7.41. The molecule has 0 aliphatic carbocycles. The van der Waals surface area contributed by atoms with Crippen molar-refractivity contribution in [2.75, 3.05) is 24.8 Å². The fourth-order valence-corrected chi connectivity index (χ4v) is 4.67. The Morgan fingerprint density at radius 1 is 1.14 bits per heavy atom. The second kappa shape index (κ2) is 10.7. The molecule has 0 fully saturated rings. The number of ether oxygens (including phenoxy) is 1. The molecule has 0 unspecified atom stereocenters. The van der Waals surface area contributed by atoms with Crippen LogP contribution in [0.25, 0.3) is 6.08 Å². The highest BCUT2D eigenvalue weighted by Crippen LogP contribution is 2.31. The Bertz CT molecular complexity index is 1260. The minimum atomic E-state index is -0.232. The lowest BCUT2D eigenvalue weighted by atomic mass is 10.1. The predicted molar refractivity (Wildman–Crippen MR) is 139 cm³/mol. The van der Waals surface area contributed by atoms with Crippen molar-refractivity contribution in [3.8, 4) is 5.75 Å². The van der Waals surface area contributed by atoms with Gasteiger partial charge in [0.25, 0.3) is 5.91 Å². The first-order valence-corrected chi connectivity index (χ1v) is 12.1. The maximum absolute atomic E-state index is 13.5. The van der Waals surface area contributed by atoms with Crippen LogP contribution in [-0.4, -0.2) is 41.8 Å². The third-order valence-corrected chi connectivity index (χ3v) is 6.36. The highest BCUT2D eigenvalue weighted by molar-refractivity contribution is 8.14. The molecule has 7 nitrogen and oxygen atoms in total. The maximum Gasteiger partial charge on any atom is 0.283 e. The molecule has 1 aliphatic rings. The Labute approximate surface area is 209 Å². The number of amidine groups is 1. The molecule has 0 atom stereocenters. The van der Waals surface area contributed by atoms with E-state index in [1.165, 1.54) is 11.8 Å². The zero-order valence-electron chi connectivity index (χ0n) is 20.1. The number of furan rings is 1. The van der Waals surface area contributed by atoms with Crippen LogP contribution in [0.1, 0.15) is 22.5 Å². The number of aliphatic imine (C=N–C) groups is 1. The number of amides is 2. The van der Waals surface area contributed by atoms with Crippen molar-refractivity contribution >= 4 is 40.5 Å². The molecule has 35 heavy (non-hydrogen) atoms. The summed E-state index contributed by atoms with van der Waals surface area (Å²) in [5.41, 5.74) is 3.96. The van der Waals surface area contributed by atoms with Crippen molar-refractivity contribution in [2.45, 2.75) is 20.4 Å². The van der Waals surface area contributed by atoms with E-state index in [4.69, 9.17) is 9.15 Å². The molecular formula is C27H27N3O4S. The first-order valence-electron chi connectivity index (χ1n) is 11.1. The van der Waals surface area contributed by atoms with Crippen LogP contribution in [0, 0.1) is 13.8 Å². The minimum absolute atomic E-state index is 0.0884. The Hall–Kier alpha value is -3.78. The van der Waals surface area contributed by atoms with E-state index in [1.807, 2.05) is 56.3 Å². The number of methoxy groups -OCH3 is 1. The fourth-order valence-electron chi connectivity index (χ4n) is 3.72. The van der Waals surface area contributed by atoms with Gasteiger partial charge in [0.2, 0.25) is 5.91 Å². The first-order chi connectivity index (χ1) is 16.8. The molecule has 1 aliphatic heterocycles. The summed E-state index contributed by atoms with van der Waals surface area (Å²) in [5.74, 6) is 1.26. The summed E-state index contributed by atoms with van der Waals surface area (Å²) >= 11 is 1.24. The lowest BCUT2D eigenvalue weighted by molar-refractivity contribution is -0.127. The number of aryl methyl sites for hydroxylation is 2. The topological polar surface area (TPSA) is 75.3 Å². The molecule has 0 N–H and O–H groups in total. The summed E-state index contributed by atoms with van der Waals surface area (Å²) in [4.78, 5) is 34.0. The number of hydrogen-bond acceptors (Lipinski definition) is 6. The number of benzene rings is 2. The normalized spacial score (nSPS) is 14.4. The van der Waals surface area contributed by atoms with Gasteiger partial charge in [0.1, 0.15) is 17.2 Å². The molecule has 3 aromatic rings. The van der Waals surface area contributed by atoms with Crippen LogP contribution in [0.4, 0.5) is 5.69 Å². The largest absolute Gasteiger partial charge is 0.497 e. The van der Waals surface area contributed by atoms with Crippen LogP contribution in [0.3, 0.4) is 0 Å². The molecule has 0 radical (unpaired) electrons. The Morgan fingerprint density at radius 3 is 2.49 bits per heavy atom. The van der Waals surface area contributed by atoms with E-state index in [2.05, 4.69) is 11.1 Å². The zero-order valence-corrected chi connectivity index (χ0v) is 21.0. The number of hydrogen-bond donors (Lipinski definition) is 0. The van der Waals surface area contributed by atoms with Crippen LogP contribution < -0.4 is 9.64 Å². The van der Waals surface area contributed by atoms with E-state index in [9.17, 15) is 9.59 Å². The van der Waals surface area contributed by atoms with Gasteiger partial charge in [-0.25, -0.2) is 4.99 Å². The van der Waals surface area contributed by atoms with Gasteiger partial charge in [0, 0.05) is 7.05 Å². The quantitative estimate of drug-likeness (QED) is 0.435. The molecule has 1 aromatic heterocycles.